The molecule has 1 aromatic rings. The Morgan fingerprint density at radius 3 is 2.55 bits per heavy atom. The zero-order chi connectivity index (χ0) is 15.3. The summed E-state index contributed by atoms with van der Waals surface area (Å²) in [4.78, 5) is 11.6. The molecule has 0 saturated carbocycles. The van der Waals surface area contributed by atoms with Gasteiger partial charge in [0, 0.05) is 12.5 Å². The molecule has 2 atom stereocenters. The van der Waals surface area contributed by atoms with Crippen molar-refractivity contribution in [3.8, 4) is 0 Å². The summed E-state index contributed by atoms with van der Waals surface area (Å²) in [5.41, 5.74) is -0.252. The molecular weight excluding hydrogens is 271 g/mol. The fraction of sp³-hybridized carbons (Fsp3) is 0.500. The molecule has 0 saturated heterocycles. The standard InChI is InChI=1S/C14H18F3NO2/c1-9(6-13(20)18-10(2)8-19)11-4-3-5-12(7-11)14(15,16)17/h3-5,7,9-10,19H,6,8H2,1-2H3,(H,18,20). The third kappa shape index (κ3) is 4.85. The van der Waals surface area contributed by atoms with Crippen LogP contribution >= 0.6 is 0 Å². The molecule has 0 spiro atoms. The van der Waals surface area contributed by atoms with Crippen LogP contribution in [0, 0.1) is 0 Å². The van der Waals surface area contributed by atoms with Gasteiger partial charge in [0.05, 0.1) is 12.2 Å². The predicted octanol–water partition coefficient (Wildman–Crippen LogP) is 2.70. The quantitative estimate of drug-likeness (QED) is 0.875. The van der Waals surface area contributed by atoms with Crippen molar-refractivity contribution in [2.45, 2.75) is 38.4 Å². The number of benzene rings is 1. The molecule has 0 aliphatic rings. The molecule has 2 N–H and O–H groups in total. The topological polar surface area (TPSA) is 49.3 Å². The molecule has 2 unspecified atom stereocenters. The average Bonchev–Trinajstić information content (AvgIpc) is 2.37. The van der Waals surface area contributed by atoms with Crippen LogP contribution in [0.5, 0.6) is 0 Å². The highest BCUT2D eigenvalue weighted by Gasteiger charge is 2.30. The van der Waals surface area contributed by atoms with Gasteiger partial charge in [0.15, 0.2) is 0 Å². The Morgan fingerprint density at radius 1 is 1.35 bits per heavy atom. The average molecular weight is 289 g/mol. The van der Waals surface area contributed by atoms with Crippen molar-refractivity contribution < 1.29 is 23.1 Å². The molecule has 0 aromatic heterocycles. The van der Waals surface area contributed by atoms with Crippen molar-refractivity contribution in [1.82, 2.24) is 5.32 Å². The smallest absolute Gasteiger partial charge is 0.394 e. The van der Waals surface area contributed by atoms with Gasteiger partial charge in [0.25, 0.3) is 0 Å². The van der Waals surface area contributed by atoms with E-state index < -0.39 is 11.7 Å². The van der Waals surface area contributed by atoms with Crippen molar-refractivity contribution in [3.05, 3.63) is 35.4 Å². The lowest BCUT2D eigenvalue weighted by Crippen LogP contribution is -2.35. The van der Waals surface area contributed by atoms with Crippen molar-refractivity contribution in [3.63, 3.8) is 0 Å². The van der Waals surface area contributed by atoms with Crippen molar-refractivity contribution in [1.29, 1.82) is 0 Å². The van der Waals surface area contributed by atoms with Crippen LogP contribution < -0.4 is 5.32 Å². The highest BCUT2D eigenvalue weighted by Crippen LogP contribution is 2.31. The van der Waals surface area contributed by atoms with E-state index in [1.165, 1.54) is 6.07 Å². The molecule has 0 fully saturated rings. The normalized spacial score (nSPS) is 14.7. The van der Waals surface area contributed by atoms with Gasteiger partial charge in [-0.15, -0.1) is 0 Å². The lowest BCUT2D eigenvalue weighted by atomic mass is 9.95. The van der Waals surface area contributed by atoms with Crippen LogP contribution in [0.1, 0.15) is 37.3 Å². The fourth-order valence-electron chi connectivity index (χ4n) is 1.80. The maximum Gasteiger partial charge on any atom is 0.416 e. The third-order valence-electron chi connectivity index (χ3n) is 2.96. The van der Waals surface area contributed by atoms with E-state index in [-0.39, 0.29) is 30.9 Å². The van der Waals surface area contributed by atoms with Gasteiger partial charge in [-0.1, -0.05) is 25.1 Å². The van der Waals surface area contributed by atoms with Crippen LogP contribution in [0.15, 0.2) is 24.3 Å². The second-order valence-electron chi connectivity index (χ2n) is 4.88. The highest BCUT2D eigenvalue weighted by atomic mass is 19.4. The first-order chi connectivity index (χ1) is 9.24. The molecule has 0 radical (unpaired) electrons. The highest BCUT2D eigenvalue weighted by molar-refractivity contribution is 5.77. The molecule has 112 valence electrons. The minimum Gasteiger partial charge on any atom is -0.394 e. The number of nitrogens with one attached hydrogen (secondary N) is 1. The molecule has 0 bridgehead atoms. The summed E-state index contributed by atoms with van der Waals surface area (Å²) in [6.45, 7) is 3.16. The van der Waals surface area contributed by atoms with Gasteiger partial charge in [0.1, 0.15) is 0 Å². The van der Waals surface area contributed by atoms with Gasteiger partial charge in [-0.05, 0) is 24.5 Å². The third-order valence-corrected chi connectivity index (χ3v) is 2.96. The second kappa shape index (κ2) is 6.74. The lowest BCUT2D eigenvalue weighted by molar-refractivity contribution is -0.137. The van der Waals surface area contributed by atoms with E-state index in [0.717, 1.165) is 12.1 Å². The largest absolute Gasteiger partial charge is 0.416 e. The SMILES string of the molecule is CC(CO)NC(=O)CC(C)c1cccc(C(F)(F)F)c1. The van der Waals surface area contributed by atoms with Crippen molar-refractivity contribution in [2.24, 2.45) is 0 Å². The number of hydrogen-bond acceptors (Lipinski definition) is 2. The van der Waals surface area contributed by atoms with Crippen LogP contribution in [0.4, 0.5) is 13.2 Å². The number of amides is 1. The van der Waals surface area contributed by atoms with E-state index >= 15 is 0 Å². The first-order valence-corrected chi connectivity index (χ1v) is 6.31. The van der Waals surface area contributed by atoms with Gasteiger partial charge >= 0.3 is 6.18 Å². The van der Waals surface area contributed by atoms with Gasteiger partial charge < -0.3 is 10.4 Å². The number of halogens is 3. The van der Waals surface area contributed by atoms with Crippen LogP contribution in [-0.4, -0.2) is 23.7 Å². The second-order valence-corrected chi connectivity index (χ2v) is 4.88. The van der Waals surface area contributed by atoms with E-state index in [0.29, 0.717) is 5.56 Å². The number of alkyl halides is 3. The van der Waals surface area contributed by atoms with Crippen LogP contribution in [0.3, 0.4) is 0 Å². The molecule has 20 heavy (non-hydrogen) atoms. The predicted molar refractivity (Wildman–Crippen MR) is 69.2 cm³/mol. The first kappa shape index (κ1) is 16.5. The van der Waals surface area contributed by atoms with E-state index in [1.54, 1.807) is 19.9 Å². The number of aliphatic hydroxyl groups is 1. The molecule has 1 aromatic carbocycles. The fourth-order valence-corrected chi connectivity index (χ4v) is 1.80. The first-order valence-electron chi connectivity index (χ1n) is 6.31. The summed E-state index contributed by atoms with van der Waals surface area (Å²) in [6.07, 6.45) is -4.31. The summed E-state index contributed by atoms with van der Waals surface area (Å²) < 4.78 is 37.8. The number of aliphatic hydroxyl groups excluding tert-OH is 1. The molecule has 3 nitrogen and oxygen atoms in total. The Kier molecular flexibility index (Phi) is 5.56. The molecule has 0 aliphatic carbocycles. The molecule has 0 heterocycles. The molecule has 1 amide bonds. The van der Waals surface area contributed by atoms with Crippen molar-refractivity contribution >= 4 is 5.91 Å². The minimum atomic E-state index is -4.39. The zero-order valence-electron chi connectivity index (χ0n) is 11.4. The molecular formula is C14H18F3NO2. The Morgan fingerprint density at radius 2 is 2.00 bits per heavy atom. The minimum absolute atomic E-state index is 0.0751. The summed E-state index contributed by atoms with van der Waals surface area (Å²) in [6, 6.07) is 4.61. The molecule has 0 aliphatic heterocycles. The number of carbonyl (C=O) groups is 1. The van der Waals surface area contributed by atoms with Gasteiger partial charge in [-0.25, -0.2) is 0 Å². The molecule has 6 heteroatoms. The summed E-state index contributed by atoms with van der Waals surface area (Å²) in [7, 11) is 0. The van der Waals surface area contributed by atoms with Crippen molar-refractivity contribution in [2.75, 3.05) is 6.61 Å². The lowest BCUT2D eigenvalue weighted by Gasteiger charge is -2.16. The Balaban J connectivity index is 2.73. The number of rotatable bonds is 5. The Labute approximate surface area is 115 Å². The van der Waals surface area contributed by atoms with E-state index in [1.807, 2.05) is 0 Å². The van der Waals surface area contributed by atoms with E-state index in [4.69, 9.17) is 5.11 Å². The van der Waals surface area contributed by atoms with Crippen LogP contribution in [-0.2, 0) is 11.0 Å². The molecule has 1 rings (SSSR count). The summed E-state index contributed by atoms with van der Waals surface area (Å²) in [5.74, 6) is -0.625. The zero-order valence-corrected chi connectivity index (χ0v) is 11.4. The summed E-state index contributed by atoms with van der Waals surface area (Å²) in [5, 5.41) is 11.4. The monoisotopic (exact) mass is 289 g/mol. The van der Waals surface area contributed by atoms with E-state index in [2.05, 4.69) is 5.32 Å². The van der Waals surface area contributed by atoms with Crippen LogP contribution in [0.2, 0.25) is 0 Å². The maximum atomic E-state index is 12.6. The Hall–Kier alpha value is -1.56. The van der Waals surface area contributed by atoms with Gasteiger partial charge in [0.2, 0.25) is 5.91 Å². The Bertz CT molecular complexity index is 460. The van der Waals surface area contributed by atoms with Crippen LogP contribution in [0.25, 0.3) is 0 Å². The van der Waals surface area contributed by atoms with Gasteiger partial charge in [-0.2, -0.15) is 13.2 Å². The summed E-state index contributed by atoms with van der Waals surface area (Å²) >= 11 is 0. The maximum absolute atomic E-state index is 12.6. The van der Waals surface area contributed by atoms with Gasteiger partial charge in [-0.3, -0.25) is 4.79 Å². The number of carbonyl (C=O) groups excluding carboxylic acids is 1. The number of hydrogen-bond donors (Lipinski definition) is 2. The van der Waals surface area contributed by atoms with E-state index in [9.17, 15) is 18.0 Å².